The highest BCUT2D eigenvalue weighted by molar-refractivity contribution is 5.96. The Labute approximate surface area is 166 Å². The molecule has 5 nitrogen and oxygen atoms in total. The van der Waals surface area contributed by atoms with Crippen LogP contribution in [0.2, 0.25) is 0 Å². The van der Waals surface area contributed by atoms with Gasteiger partial charge in [0.05, 0.1) is 0 Å². The van der Waals surface area contributed by atoms with Crippen LogP contribution in [0, 0.1) is 11.8 Å². The summed E-state index contributed by atoms with van der Waals surface area (Å²) in [7, 11) is 0. The predicted octanol–water partition coefficient (Wildman–Crippen LogP) is 3.83. The molecule has 0 saturated carbocycles. The molecule has 2 atom stereocenters. The normalized spacial score (nSPS) is 16.8. The van der Waals surface area contributed by atoms with Crippen molar-refractivity contribution >= 4 is 23.2 Å². The first-order chi connectivity index (χ1) is 13.5. The summed E-state index contributed by atoms with van der Waals surface area (Å²) in [6.45, 7) is 4.83. The number of fused-ring (bicyclic) bond motifs is 1. The molecular weight excluding hydrogens is 350 g/mol. The molecule has 148 valence electrons. The smallest absolute Gasteiger partial charge is 0.227 e. The fraction of sp³-hybridized carbons (Fsp3) is 0.391. The number of para-hydroxylation sites is 2. The summed E-state index contributed by atoms with van der Waals surface area (Å²) >= 11 is 0. The molecule has 1 aliphatic heterocycles. The van der Waals surface area contributed by atoms with Gasteiger partial charge in [0.25, 0.3) is 0 Å². The minimum Gasteiger partial charge on any atom is -0.380 e. The van der Waals surface area contributed by atoms with E-state index < -0.39 is 0 Å². The largest absolute Gasteiger partial charge is 0.380 e. The van der Waals surface area contributed by atoms with E-state index in [2.05, 4.69) is 29.8 Å². The van der Waals surface area contributed by atoms with E-state index in [0.29, 0.717) is 31.7 Å². The highest BCUT2D eigenvalue weighted by Crippen LogP contribution is 2.27. The molecule has 5 heteroatoms. The summed E-state index contributed by atoms with van der Waals surface area (Å²) in [4.78, 5) is 24.6. The van der Waals surface area contributed by atoms with Crippen LogP contribution in [-0.2, 0) is 16.0 Å². The lowest BCUT2D eigenvalue weighted by Gasteiger charge is -2.25. The highest BCUT2D eigenvalue weighted by Gasteiger charge is 2.26. The van der Waals surface area contributed by atoms with Crippen molar-refractivity contribution in [2.45, 2.75) is 39.2 Å². The summed E-state index contributed by atoms with van der Waals surface area (Å²) in [6, 6.07) is 18.0. The van der Waals surface area contributed by atoms with Crippen molar-refractivity contribution in [2.75, 3.05) is 17.2 Å². The zero-order valence-electron chi connectivity index (χ0n) is 16.6. The number of benzene rings is 2. The second kappa shape index (κ2) is 9.40. The van der Waals surface area contributed by atoms with E-state index in [0.717, 1.165) is 16.9 Å². The van der Waals surface area contributed by atoms with Crippen LogP contribution in [0.5, 0.6) is 0 Å². The van der Waals surface area contributed by atoms with Gasteiger partial charge in [0, 0.05) is 36.3 Å². The van der Waals surface area contributed by atoms with Gasteiger partial charge in [0.2, 0.25) is 11.8 Å². The quantitative estimate of drug-likeness (QED) is 0.653. The number of rotatable bonds is 8. The van der Waals surface area contributed by atoms with E-state index in [9.17, 15) is 9.59 Å². The molecule has 0 fully saturated rings. The molecule has 1 aliphatic rings. The second-order valence-corrected chi connectivity index (χ2v) is 7.75. The number of carbonyl (C=O) groups excluding carboxylic acids is 2. The average Bonchev–Trinajstić information content (AvgIpc) is 2.70. The summed E-state index contributed by atoms with van der Waals surface area (Å²) in [5.74, 6) is 0.231. The van der Waals surface area contributed by atoms with Crippen LogP contribution in [0.3, 0.4) is 0 Å². The van der Waals surface area contributed by atoms with Gasteiger partial charge in [-0.2, -0.15) is 0 Å². The molecule has 2 amide bonds. The van der Waals surface area contributed by atoms with Crippen LogP contribution >= 0.6 is 0 Å². The molecule has 0 radical (unpaired) electrons. The molecule has 0 spiro atoms. The van der Waals surface area contributed by atoms with E-state index >= 15 is 0 Å². The molecule has 0 bridgehead atoms. The van der Waals surface area contributed by atoms with Crippen molar-refractivity contribution in [1.82, 2.24) is 5.32 Å². The second-order valence-electron chi connectivity index (χ2n) is 7.75. The van der Waals surface area contributed by atoms with E-state index in [-0.39, 0.29) is 23.8 Å². The van der Waals surface area contributed by atoms with Crippen LogP contribution in [0.4, 0.5) is 11.4 Å². The minimum absolute atomic E-state index is 0.00725. The van der Waals surface area contributed by atoms with E-state index in [1.807, 2.05) is 54.6 Å². The van der Waals surface area contributed by atoms with Crippen molar-refractivity contribution in [2.24, 2.45) is 11.8 Å². The monoisotopic (exact) mass is 379 g/mol. The number of anilines is 2. The molecule has 0 aromatic heterocycles. The molecule has 0 saturated heterocycles. The summed E-state index contributed by atoms with van der Waals surface area (Å²) < 4.78 is 0. The molecular formula is C23H29N3O2. The maximum Gasteiger partial charge on any atom is 0.227 e. The Morgan fingerprint density at radius 3 is 2.57 bits per heavy atom. The van der Waals surface area contributed by atoms with Gasteiger partial charge in [-0.3, -0.25) is 9.59 Å². The van der Waals surface area contributed by atoms with Crippen molar-refractivity contribution in [3.63, 3.8) is 0 Å². The molecule has 3 rings (SSSR count). The van der Waals surface area contributed by atoms with Crippen LogP contribution in [-0.4, -0.2) is 24.4 Å². The lowest BCUT2D eigenvalue weighted by atomic mass is 9.89. The third-order valence-corrected chi connectivity index (χ3v) is 5.28. The maximum absolute atomic E-state index is 12.3. The number of hydrogen-bond acceptors (Lipinski definition) is 3. The third-order valence-electron chi connectivity index (χ3n) is 5.28. The standard InChI is InChI=1S/C23H29N3O2/c1-16(2)21(25-19-9-4-3-5-10-19)15-24-22(27)13-12-18-14-17-8-6-7-11-20(17)26-23(18)28/h3-11,16,18,21,25H,12-15H2,1-2H3,(H,24,27)(H,26,28). The Kier molecular flexibility index (Phi) is 6.69. The zero-order valence-corrected chi connectivity index (χ0v) is 16.6. The lowest BCUT2D eigenvalue weighted by Crippen LogP contribution is -2.40. The zero-order chi connectivity index (χ0) is 19.9. The fourth-order valence-corrected chi connectivity index (χ4v) is 3.47. The molecule has 3 N–H and O–H groups in total. The number of carbonyl (C=O) groups is 2. The Morgan fingerprint density at radius 2 is 1.82 bits per heavy atom. The van der Waals surface area contributed by atoms with Gasteiger partial charge in [-0.25, -0.2) is 0 Å². The Morgan fingerprint density at radius 1 is 1.11 bits per heavy atom. The minimum atomic E-state index is -0.149. The van der Waals surface area contributed by atoms with Gasteiger partial charge in [0.1, 0.15) is 0 Å². The first-order valence-corrected chi connectivity index (χ1v) is 10.00. The summed E-state index contributed by atoms with van der Waals surface area (Å²) in [5, 5.41) is 9.45. The Hall–Kier alpha value is -2.82. The first kappa shape index (κ1) is 19.9. The summed E-state index contributed by atoms with van der Waals surface area (Å²) in [5.41, 5.74) is 3.08. The van der Waals surface area contributed by atoms with Gasteiger partial charge < -0.3 is 16.0 Å². The van der Waals surface area contributed by atoms with Crippen molar-refractivity contribution in [1.29, 1.82) is 0 Å². The number of nitrogens with one attached hydrogen (secondary N) is 3. The van der Waals surface area contributed by atoms with Gasteiger partial charge in [-0.15, -0.1) is 0 Å². The van der Waals surface area contributed by atoms with Gasteiger partial charge in [-0.05, 0) is 42.5 Å². The number of amides is 2. The van der Waals surface area contributed by atoms with Crippen LogP contribution < -0.4 is 16.0 Å². The predicted molar refractivity (Wildman–Crippen MR) is 113 cm³/mol. The molecule has 28 heavy (non-hydrogen) atoms. The van der Waals surface area contributed by atoms with E-state index in [1.54, 1.807) is 0 Å². The van der Waals surface area contributed by atoms with Crippen LogP contribution in [0.25, 0.3) is 0 Å². The molecule has 2 aromatic carbocycles. The lowest BCUT2D eigenvalue weighted by molar-refractivity contribution is -0.122. The van der Waals surface area contributed by atoms with Gasteiger partial charge in [-0.1, -0.05) is 50.2 Å². The van der Waals surface area contributed by atoms with Gasteiger partial charge in [0.15, 0.2) is 0 Å². The Bertz CT molecular complexity index is 805. The SMILES string of the molecule is CC(C)C(CNC(=O)CCC1Cc2ccccc2NC1=O)Nc1ccccc1. The third kappa shape index (κ3) is 5.35. The molecule has 1 heterocycles. The van der Waals surface area contributed by atoms with Gasteiger partial charge >= 0.3 is 0 Å². The highest BCUT2D eigenvalue weighted by atomic mass is 16.2. The topological polar surface area (TPSA) is 70.2 Å². The van der Waals surface area contributed by atoms with Crippen molar-refractivity contribution < 1.29 is 9.59 Å². The average molecular weight is 380 g/mol. The summed E-state index contributed by atoms with van der Waals surface area (Å²) in [6.07, 6.45) is 1.61. The van der Waals surface area contributed by atoms with Crippen LogP contribution in [0.15, 0.2) is 54.6 Å². The maximum atomic E-state index is 12.3. The molecule has 2 aromatic rings. The molecule has 2 unspecified atom stereocenters. The van der Waals surface area contributed by atoms with Crippen molar-refractivity contribution in [3.05, 3.63) is 60.2 Å². The molecule has 0 aliphatic carbocycles. The van der Waals surface area contributed by atoms with E-state index in [1.165, 1.54) is 0 Å². The number of hydrogen-bond donors (Lipinski definition) is 3. The Balaban J connectivity index is 1.46. The fourth-order valence-electron chi connectivity index (χ4n) is 3.47. The van der Waals surface area contributed by atoms with E-state index in [4.69, 9.17) is 0 Å². The van der Waals surface area contributed by atoms with Crippen LogP contribution in [0.1, 0.15) is 32.3 Å². The first-order valence-electron chi connectivity index (χ1n) is 10.00. The van der Waals surface area contributed by atoms with Crippen molar-refractivity contribution in [3.8, 4) is 0 Å².